The largest absolute Gasteiger partial charge is 0.379 e. The number of nitrogens with one attached hydrogen (secondary N) is 1. The van der Waals surface area contributed by atoms with E-state index in [-0.39, 0.29) is 18.1 Å². The van der Waals surface area contributed by atoms with Gasteiger partial charge in [-0.1, -0.05) is 12.1 Å². The molecule has 0 aliphatic rings. The molecule has 3 aromatic rings. The molecule has 1 atom stereocenters. The van der Waals surface area contributed by atoms with Gasteiger partial charge in [-0.15, -0.1) is 9.24 Å². The average molecular weight is 358 g/mol. The van der Waals surface area contributed by atoms with Crippen molar-refractivity contribution in [2.45, 2.75) is 26.8 Å². The molecule has 0 bridgehead atoms. The lowest BCUT2D eigenvalue weighted by Crippen LogP contribution is -2.23. The van der Waals surface area contributed by atoms with Gasteiger partial charge in [0.25, 0.3) is 0 Å². The van der Waals surface area contributed by atoms with Gasteiger partial charge in [-0.3, -0.25) is 4.79 Å². The summed E-state index contributed by atoms with van der Waals surface area (Å²) in [6, 6.07) is 7.64. The first kappa shape index (κ1) is 17.1. The number of hydrogen-bond acceptors (Lipinski definition) is 6. The quantitative estimate of drug-likeness (QED) is 0.677. The van der Waals surface area contributed by atoms with Gasteiger partial charge >= 0.3 is 0 Å². The molecular weight excluding hydrogens is 339 g/mol. The van der Waals surface area contributed by atoms with Gasteiger partial charge in [-0.25, -0.2) is 9.61 Å². The molecule has 1 aromatic carbocycles. The van der Waals surface area contributed by atoms with Crippen LogP contribution in [0.2, 0.25) is 0 Å². The molecule has 3 rings (SSSR count). The van der Waals surface area contributed by atoms with E-state index >= 15 is 0 Å². The summed E-state index contributed by atoms with van der Waals surface area (Å²) in [4.78, 5) is 16.8. The lowest BCUT2D eigenvalue weighted by atomic mass is 10.3. The lowest BCUT2D eigenvalue weighted by molar-refractivity contribution is -0.120. The highest BCUT2D eigenvalue weighted by Gasteiger charge is 2.19. The van der Waals surface area contributed by atoms with Crippen LogP contribution in [0.15, 0.2) is 39.9 Å². The number of amides is 1. The summed E-state index contributed by atoms with van der Waals surface area (Å²) in [5.41, 5.74) is 8.69. The van der Waals surface area contributed by atoms with E-state index in [9.17, 15) is 4.79 Å². The molecule has 1 unspecified atom stereocenters. The molecule has 0 radical (unpaired) electrons. The van der Waals surface area contributed by atoms with E-state index in [0.717, 1.165) is 22.0 Å². The molecule has 3 N–H and O–H groups in total. The Kier molecular flexibility index (Phi) is 4.81. The molecular formula is C16H19N6O2P. The van der Waals surface area contributed by atoms with Crippen LogP contribution in [0.3, 0.4) is 0 Å². The van der Waals surface area contributed by atoms with Crippen molar-refractivity contribution < 1.29 is 9.42 Å². The number of benzene rings is 1. The highest BCUT2D eigenvalue weighted by Crippen LogP contribution is 2.26. The van der Waals surface area contributed by atoms with Crippen LogP contribution < -0.4 is 11.1 Å². The molecule has 130 valence electrons. The number of nitrogen functional groups attached to an aromatic ring is 1. The van der Waals surface area contributed by atoms with Gasteiger partial charge in [0.05, 0.1) is 11.0 Å². The SMILES string of the molecule is C/C(P)=C(\C)NC(=O)CCn1c(-c2nonc2N)nc2ccccc21. The van der Waals surface area contributed by atoms with Gasteiger partial charge in [0.1, 0.15) is 0 Å². The Morgan fingerprint density at radius 1 is 1.32 bits per heavy atom. The van der Waals surface area contributed by atoms with Crippen molar-refractivity contribution in [3.8, 4) is 11.5 Å². The smallest absolute Gasteiger partial charge is 0.225 e. The van der Waals surface area contributed by atoms with Crippen molar-refractivity contribution in [2.75, 3.05) is 5.73 Å². The fourth-order valence-corrected chi connectivity index (χ4v) is 2.49. The number of allylic oxidation sites excluding steroid dienone is 2. The lowest BCUT2D eigenvalue weighted by Gasteiger charge is -2.10. The fraction of sp³-hybridized carbons (Fsp3) is 0.250. The second kappa shape index (κ2) is 7.03. The number of aryl methyl sites for hydroxylation is 1. The van der Waals surface area contributed by atoms with Crippen LogP contribution in [0.4, 0.5) is 5.82 Å². The topological polar surface area (TPSA) is 112 Å². The third-order valence-electron chi connectivity index (χ3n) is 3.86. The normalized spacial score (nSPS) is 12.3. The van der Waals surface area contributed by atoms with E-state index < -0.39 is 0 Å². The van der Waals surface area contributed by atoms with Crippen LogP contribution in [-0.4, -0.2) is 25.8 Å². The van der Waals surface area contributed by atoms with E-state index in [0.29, 0.717) is 18.1 Å². The van der Waals surface area contributed by atoms with Crippen LogP contribution in [0, 0.1) is 0 Å². The van der Waals surface area contributed by atoms with Crippen molar-refractivity contribution in [1.82, 2.24) is 25.2 Å². The third-order valence-corrected chi connectivity index (χ3v) is 4.29. The number of hydrogen-bond donors (Lipinski definition) is 2. The van der Waals surface area contributed by atoms with Crippen LogP contribution in [0.1, 0.15) is 20.3 Å². The van der Waals surface area contributed by atoms with E-state index in [1.807, 2.05) is 42.7 Å². The molecule has 25 heavy (non-hydrogen) atoms. The standard InChI is InChI=1S/C16H19N6O2P/c1-9(10(2)25)18-13(23)7-8-22-12-6-4-3-5-11(12)19-16(22)14-15(17)21-24-20-14/h3-6H,7-8,25H2,1-2H3,(H2,17,21)(H,18,23)/b10-9-. The van der Waals surface area contributed by atoms with Crippen LogP contribution in [0.25, 0.3) is 22.6 Å². The maximum atomic E-state index is 12.2. The predicted octanol–water partition coefficient (Wildman–Crippen LogP) is 2.30. The number of anilines is 1. The van der Waals surface area contributed by atoms with Crippen molar-refractivity contribution in [1.29, 1.82) is 0 Å². The Morgan fingerprint density at radius 3 is 2.76 bits per heavy atom. The molecule has 0 saturated heterocycles. The minimum absolute atomic E-state index is 0.0747. The van der Waals surface area contributed by atoms with Gasteiger partial charge in [0.15, 0.2) is 17.3 Å². The number of rotatable bonds is 5. The number of nitrogens with zero attached hydrogens (tertiary/aromatic N) is 4. The average Bonchev–Trinajstić information content (AvgIpc) is 3.15. The van der Waals surface area contributed by atoms with Gasteiger partial charge in [-0.2, -0.15) is 0 Å². The number of carbonyl (C=O) groups excluding carboxylic acids is 1. The summed E-state index contributed by atoms with van der Waals surface area (Å²) in [6.45, 7) is 4.21. The number of imidazole rings is 1. The Bertz CT molecular complexity index is 955. The molecule has 0 fully saturated rings. The maximum Gasteiger partial charge on any atom is 0.225 e. The Labute approximate surface area is 146 Å². The second-order valence-corrected chi connectivity index (χ2v) is 6.55. The van der Waals surface area contributed by atoms with Crippen LogP contribution >= 0.6 is 9.24 Å². The molecule has 2 heterocycles. The minimum atomic E-state index is -0.0747. The molecule has 0 aliphatic heterocycles. The molecule has 2 aromatic heterocycles. The van der Waals surface area contributed by atoms with Gasteiger partial charge in [0.2, 0.25) is 5.91 Å². The summed E-state index contributed by atoms with van der Waals surface area (Å²) in [5.74, 6) is 0.620. The van der Waals surface area contributed by atoms with Crippen LogP contribution in [0.5, 0.6) is 0 Å². The first-order valence-electron chi connectivity index (χ1n) is 7.74. The summed E-state index contributed by atoms with van der Waals surface area (Å²) in [6.07, 6.45) is 0.286. The van der Waals surface area contributed by atoms with E-state index in [2.05, 4.69) is 34.5 Å². The van der Waals surface area contributed by atoms with E-state index in [1.54, 1.807) is 0 Å². The first-order valence-corrected chi connectivity index (χ1v) is 8.31. The number of carbonyl (C=O) groups is 1. The maximum absolute atomic E-state index is 12.2. The van der Waals surface area contributed by atoms with E-state index in [1.165, 1.54) is 0 Å². The Hall–Kier alpha value is -2.73. The molecule has 9 heteroatoms. The molecule has 0 spiro atoms. The van der Waals surface area contributed by atoms with Crippen molar-refractivity contribution in [2.24, 2.45) is 0 Å². The van der Waals surface area contributed by atoms with Crippen LogP contribution in [-0.2, 0) is 11.3 Å². The zero-order valence-corrected chi connectivity index (χ0v) is 15.1. The number of nitrogens with two attached hydrogens (primary N) is 1. The number of fused-ring (bicyclic) bond motifs is 1. The first-order chi connectivity index (χ1) is 12.0. The minimum Gasteiger partial charge on any atom is -0.379 e. The van der Waals surface area contributed by atoms with Gasteiger partial charge < -0.3 is 15.6 Å². The predicted molar refractivity (Wildman–Crippen MR) is 98.3 cm³/mol. The van der Waals surface area contributed by atoms with Gasteiger partial charge in [0, 0.05) is 18.7 Å². The summed E-state index contributed by atoms with van der Waals surface area (Å²) in [7, 11) is 2.57. The summed E-state index contributed by atoms with van der Waals surface area (Å²) < 4.78 is 6.59. The van der Waals surface area contributed by atoms with Crippen molar-refractivity contribution in [3.63, 3.8) is 0 Å². The molecule has 1 amide bonds. The Morgan fingerprint density at radius 2 is 2.08 bits per heavy atom. The Balaban J connectivity index is 1.91. The second-order valence-electron chi connectivity index (χ2n) is 5.68. The van der Waals surface area contributed by atoms with Gasteiger partial charge in [-0.05, 0) is 41.6 Å². The number of aromatic nitrogens is 4. The fourth-order valence-electron chi connectivity index (χ4n) is 2.42. The summed E-state index contributed by atoms with van der Waals surface area (Å²) >= 11 is 0. The van der Waals surface area contributed by atoms with E-state index in [4.69, 9.17) is 5.73 Å². The molecule has 0 saturated carbocycles. The highest BCUT2D eigenvalue weighted by molar-refractivity contribution is 7.22. The summed E-state index contributed by atoms with van der Waals surface area (Å²) in [5, 5.41) is 11.3. The highest BCUT2D eigenvalue weighted by atomic mass is 31.0. The molecule has 8 nitrogen and oxygen atoms in total. The van der Waals surface area contributed by atoms with Crippen molar-refractivity contribution in [3.05, 3.63) is 35.3 Å². The molecule has 0 aliphatic carbocycles. The third kappa shape index (κ3) is 3.53. The zero-order valence-electron chi connectivity index (χ0n) is 14.0. The zero-order chi connectivity index (χ0) is 18.0. The van der Waals surface area contributed by atoms with Crippen molar-refractivity contribution >= 4 is 32.0 Å². The number of para-hydroxylation sites is 2. The monoisotopic (exact) mass is 358 g/mol.